The second-order valence-corrected chi connectivity index (χ2v) is 4.40. The zero-order valence-electron chi connectivity index (χ0n) is 9.90. The van der Waals surface area contributed by atoms with Crippen LogP contribution in [0.25, 0.3) is 0 Å². The van der Waals surface area contributed by atoms with Crippen LogP contribution in [-0.4, -0.2) is 35.8 Å². The van der Waals surface area contributed by atoms with E-state index in [2.05, 4.69) is 14.9 Å². The van der Waals surface area contributed by atoms with Gasteiger partial charge in [-0.2, -0.15) is 4.98 Å². The SMILES string of the molecule is CCOC1CCN(c2nc(Cl)ncc2N)CC1. The van der Waals surface area contributed by atoms with Crippen molar-refractivity contribution in [3.05, 3.63) is 11.5 Å². The lowest BCUT2D eigenvalue weighted by Gasteiger charge is -2.33. The first kappa shape index (κ1) is 12.4. The van der Waals surface area contributed by atoms with Gasteiger partial charge in [0.25, 0.3) is 0 Å². The van der Waals surface area contributed by atoms with Gasteiger partial charge in [-0.05, 0) is 31.4 Å². The molecule has 1 saturated heterocycles. The minimum absolute atomic E-state index is 0.237. The van der Waals surface area contributed by atoms with E-state index >= 15 is 0 Å². The maximum absolute atomic E-state index is 5.86. The van der Waals surface area contributed by atoms with Gasteiger partial charge < -0.3 is 15.4 Å². The Bertz CT molecular complexity index is 380. The molecule has 2 heterocycles. The van der Waals surface area contributed by atoms with E-state index in [9.17, 15) is 0 Å². The summed E-state index contributed by atoms with van der Waals surface area (Å²) in [4.78, 5) is 10.2. The number of hydrogen-bond acceptors (Lipinski definition) is 5. The Morgan fingerprint density at radius 3 is 2.88 bits per heavy atom. The molecule has 2 N–H and O–H groups in total. The second-order valence-electron chi connectivity index (χ2n) is 4.06. The summed E-state index contributed by atoms with van der Waals surface area (Å²) < 4.78 is 5.60. The average molecular weight is 257 g/mol. The van der Waals surface area contributed by atoms with E-state index < -0.39 is 0 Å². The standard InChI is InChI=1S/C11H17ClN4O/c1-2-17-8-3-5-16(6-4-8)10-9(13)7-14-11(12)15-10/h7-8H,2-6,13H2,1H3. The highest BCUT2D eigenvalue weighted by atomic mass is 35.5. The van der Waals surface area contributed by atoms with Crippen LogP contribution in [-0.2, 0) is 4.74 Å². The summed E-state index contributed by atoms with van der Waals surface area (Å²) >= 11 is 5.79. The number of aromatic nitrogens is 2. The summed E-state index contributed by atoms with van der Waals surface area (Å²) in [6.07, 6.45) is 3.90. The predicted octanol–water partition coefficient (Wildman–Crippen LogP) is 1.72. The van der Waals surface area contributed by atoms with Gasteiger partial charge in [-0.15, -0.1) is 0 Å². The van der Waals surface area contributed by atoms with Crippen LogP contribution in [0.3, 0.4) is 0 Å². The van der Waals surface area contributed by atoms with E-state index in [1.165, 1.54) is 0 Å². The van der Waals surface area contributed by atoms with Crippen molar-refractivity contribution < 1.29 is 4.74 Å². The molecule has 0 bridgehead atoms. The number of nitrogens with two attached hydrogens (primary N) is 1. The van der Waals surface area contributed by atoms with Crippen molar-refractivity contribution in [2.24, 2.45) is 0 Å². The molecule has 2 rings (SSSR count). The molecule has 0 saturated carbocycles. The van der Waals surface area contributed by atoms with Gasteiger partial charge in [-0.25, -0.2) is 4.98 Å². The molecule has 6 heteroatoms. The van der Waals surface area contributed by atoms with Crippen molar-refractivity contribution in [2.75, 3.05) is 30.3 Å². The summed E-state index contributed by atoms with van der Waals surface area (Å²) in [7, 11) is 0. The number of halogens is 1. The maximum Gasteiger partial charge on any atom is 0.224 e. The molecule has 1 fully saturated rings. The highest BCUT2D eigenvalue weighted by Crippen LogP contribution is 2.25. The topological polar surface area (TPSA) is 64.3 Å². The Balaban J connectivity index is 2.02. The largest absolute Gasteiger partial charge is 0.394 e. The van der Waals surface area contributed by atoms with Crippen LogP contribution in [0.1, 0.15) is 19.8 Å². The molecular weight excluding hydrogens is 240 g/mol. The van der Waals surface area contributed by atoms with Crippen molar-refractivity contribution in [1.82, 2.24) is 9.97 Å². The van der Waals surface area contributed by atoms with Gasteiger partial charge in [0.1, 0.15) is 0 Å². The van der Waals surface area contributed by atoms with Gasteiger partial charge in [-0.3, -0.25) is 0 Å². The average Bonchev–Trinajstić information content (AvgIpc) is 2.34. The molecule has 0 aromatic carbocycles. The van der Waals surface area contributed by atoms with Crippen molar-refractivity contribution in [2.45, 2.75) is 25.9 Å². The number of ether oxygens (including phenoxy) is 1. The Hall–Kier alpha value is -1.07. The fourth-order valence-corrected chi connectivity index (χ4v) is 2.21. The zero-order valence-corrected chi connectivity index (χ0v) is 10.7. The van der Waals surface area contributed by atoms with Crippen molar-refractivity contribution in [3.8, 4) is 0 Å². The first-order chi connectivity index (χ1) is 8.20. The first-order valence-electron chi connectivity index (χ1n) is 5.85. The molecule has 0 unspecified atom stereocenters. The van der Waals surface area contributed by atoms with Crippen molar-refractivity contribution >= 4 is 23.1 Å². The molecule has 94 valence electrons. The van der Waals surface area contributed by atoms with Crippen LogP contribution in [0.5, 0.6) is 0 Å². The summed E-state index contributed by atoms with van der Waals surface area (Å²) in [5, 5.41) is 0.237. The van der Waals surface area contributed by atoms with Crippen LogP contribution in [0.2, 0.25) is 5.28 Å². The smallest absolute Gasteiger partial charge is 0.224 e. The van der Waals surface area contributed by atoms with Gasteiger partial charge in [-0.1, -0.05) is 0 Å². The molecule has 1 aliphatic heterocycles. The molecule has 0 radical (unpaired) electrons. The Morgan fingerprint density at radius 2 is 2.24 bits per heavy atom. The zero-order chi connectivity index (χ0) is 12.3. The maximum atomic E-state index is 5.86. The third-order valence-corrected chi connectivity index (χ3v) is 3.09. The van der Waals surface area contributed by atoms with E-state index in [1.807, 2.05) is 6.92 Å². The van der Waals surface area contributed by atoms with Crippen LogP contribution in [0, 0.1) is 0 Å². The number of anilines is 2. The molecule has 1 aromatic heterocycles. The normalized spacial score (nSPS) is 17.4. The van der Waals surface area contributed by atoms with Crippen LogP contribution in [0.15, 0.2) is 6.20 Å². The molecule has 0 spiro atoms. The molecule has 0 aliphatic carbocycles. The summed E-state index contributed by atoms with van der Waals surface area (Å²) in [5.74, 6) is 0.736. The molecule has 17 heavy (non-hydrogen) atoms. The number of piperidine rings is 1. The quantitative estimate of drug-likeness (QED) is 0.835. The van der Waals surface area contributed by atoms with Crippen molar-refractivity contribution in [3.63, 3.8) is 0 Å². The third-order valence-electron chi connectivity index (χ3n) is 2.91. The summed E-state index contributed by atoms with van der Waals surface area (Å²) in [6.45, 7) is 4.57. The van der Waals surface area contributed by atoms with E-state index in [-0.39, 0.29) is 5.28 Å². The monoisotopic (exact) mass is 256 g/mol. The molecule has 1 aliphatic rings. The summed E-state index contributed by atoms with van der Waals surface area (Å²) in [6, 6.07) is 0. The Morgan fingerprint density at radius 1 is 1.53 bits per heavy atom. The highest BCUT2D eigenvalue weighted by Gasteiger charge is 2.21. The summed E-state index contributed by atoms with van der Waals surface area (Å²) in [5.41, 5.74) is 6.43. The minimum atomic E-state index is 0.237. The number of hydrogen-bond donors (Lipinski definition) is 1. The minimum Gasteiger partial charge on any atom is -0.394 e. The molecular formula is C11H17ClN4O. The van der Waals surface area contributed by atoms with Gasteiger partial charge in [0, 0.05) is 19.7 Å². The number of nitrogen functional groups attached to an aromatic ring is 1. The van der Waals surface area contributed by atoms with Gasteiger partial charge in [0.05, 0.1) is 18.0 Å². The fraction of sp³-hybridized carbons (Fsp3) is 0.636. The Labute approximate surface area is 106 Å². The lowest BCUT2D eigenvalue weighted by Crippen LogP contribution is -2.38. The second kappa shape index (κ2) is 5.51. The third kappa shape index (κ3) is 2.98. The van der Waals surface area contributed by atoms with Crippen molar-refractivity contribution in [1.29, 1.82) is 0 Å². The van der Waals surface area contributed by atoms with Crippen LogP contribution < -0.4 is 10.6 Å². The molecule has 5 nitrogen and oxygen atoms in total. The lowest BCUT2D eigenvalue weighted by atomic mass is 10.1. The molecule has 0 atom stereocenters. The van der Waals surface area contributed by atoms with E-state index in [1.54, 1.807) is 6.20 Å². The number of nitrogens with zero attached hydrogens (tertiary/aromatic N) is 3. The highest BCUT2D eigenvalue weighted by molar-refractivity contribution is 6.28. The predicted molar refractivity (Wildman–Crippen MR) is 68.3 cm³/mol. The first-order valence-corrected chi connectivity index (χ1v) is 6.23. The Kier molecular flexibility index (Phi) is 4.02. The van der Waals surface area contributed by atoms with E-state index in [0.717, 1.165) is 38.4 Å². The van der Waals surface area contributed by atoms with Gasteiger partial charge in [0.2, 0.25) is 5.28 Å². The molecule has 1 aromatic rings. The van der Waals surface area contributed by atoms with Gasteiger partial charge >= 0.3 is 0 Å². The molecule has 0 amide bonds. The van der Waals surface area contributed by atoms with E-state index in [0.29, 0.717) is 11.8 Å². The van der Waals surface area contributed by atoms with Crippen LogP contribution >= 0.6 is 11.6 Å². The lowest BCUT2D eigenvalue weighted by molar-refractivity contribution is 0.0458. The van der Waals surface area contributed by atoms with Crippen LogP contribution in [0.4, 0.5) is 11.5 Å². The van der Waals surface area contributed by atoms with E-state index in [4.69, 9.17) is 22.1 Å². The number of rotatable bonds is 3. The van der Waals surface area contributed by atoms with Gasteiger partial charge in [0.15, 0.2) is 5.82 Å². The fourth-order valence-electron chi connectivity index (χ4n) is 2.08.